The van der Waals surface area contributed by atoms with Crippen molar-refractivity contribution in [3.8, 4) is 0 Å². The van der Waals surface area contributed by atoms with Crippen molar-refractivity contribution in [3.05, 3.63) is 29.8 Å². The van der Waals surface area contributed by atoms with E-state index in [1.807, 2.05) is 0 Å². The van der Waals surface area contributed by atoms with E-state index in [0.717, 1.165) is 6.26 Å². The lowest BCUT2D eigenvalue weighted by molar-refractivity contribution is 0.0639. The molecule has 0 heterocycles. The predicted molar refractivity (Wildman–Crippen MR) is 61.9 cm³/mol. The Morgan fingerprint density at radius 3 is 2.12 bits per heavy atom. The summed E-state index contributed by atoms with van der Waals surface area (Å²) in [6, 6.07) is 5.80. The molecular weight excluding hydrogens is 248 g/mol. The zero-order valence-corrected chi connectivity index (χ0v) is 10.5. The highest BCUT2D eigenvalue weighted by molar-refractivity contribution is 7.90. The molecule has 3 nitrogen and oxygen atoms in total. The molecule has 0 aliphatic carbocycles. The molecule has 0 fully saturated rings. The summed E-state index contributed by atoms with van der Waals surface area (Å²) < 4.78 is 47.5. The Morgan fingerprint density at radius 1 is 1.29 bits per heavy atom. The molecule has 1 aromatic carbocycles. The maximum Gasteiger partial charge on any atom is 0.256 e. The molecule has 6 heteroatoms. The van der Waals surface area contributed by atoms with Gasteiger partial charge in [0.1, 0.15) is 0 Å². The minimum Gasteiger partial charge on any atom is -0.320 e. The van der Waals surface area contributed by atoms with Gasteiger partial charge in [-0.3, -0.25) is 0 Å². The number of nitrogens with two attached hydrogens (primary N) is 1. The van der Waals surface area contributed by atoms with E-state index in [4.69, 9.17) is 5.73 Å². The molecule has 0 aromatic heterocycles. The first-order chi connectivity index (χ1) is 7.63. The lowest BCUT2D eigenvalue weighted by Gasteiger charge is -2.23. The van der Waals surface area contributed by atoms with Crippen LogP contribution >= 0.6 is 0 Å². The van der Waals surface area contributed by atoms with Crippen LogP contribution in [0.15, 0.2) is 29.2 Å². The molecule has 0 aliphatic heterocycles. The number of hydrogen-bond donors (Lipinski definition) is 1. The molecule has 0 aliphatic rings. The third-order valence-electron chi connectivity index (χ3n) is 2.44. The second-order valence-electron chi connectivity index (χ2n) is 4.40. The summed E-state index contributed by atoms with van der Waals surface area (Å²) in [5, 5.41) is 0. The van der Waals surface area contributed by atoms with Crippen molar-refractivity contribution in [1.29, 1.82) is 0 Å². The first-order valence-corrected chi connectivity index (χ1v) is 6.88. The zero-order chi connectivity index (χ0) is 13.3. The van der Waals surface area contributed by atoms with Gasteiger partial charge in [0.05, 0.1) is 10.4 Å². The molecule has 0 saturated carbocycles. The van der Waals surface area contributed by atoms with Gasteiger partial charge in [0.25, 0.3) is 6.43 Å². The monoisotopic (exact) mass is 263 g/mol. The van der Waals surface area contributed by atoms with Gasteiger partial charge in [-0.05, 0) is 31.0 Å². The van der Waals surface area contributed by atoms with Gasteiger partial charge in [-0.15, -0.1) is 0 Å². The van der Waals surface area contributed by atoms with Crippen molar-refractivity contribution in [2.24, 2.45) is 5.73 Å². The van der Waals surface area contributed by atoms with Crippen molar-refractivity contribution in [2.75, 3.05) is 6.26 Å². The molecule has 0 spiro atoms. The van der Waals surface area contributed by atoms with Crippen LogP contribution in [0.25, 0.3) is 0 Å². The van der Waals surface area contributed by atoms with E-state index in [2.05, 4.69) is 0 Å². The van der Waals surface area contributed by atoms with E-state index in [-0.39, 0.29) is 11.3 Å². The fraction of sp³-hybridized carbons (Fsp3) is 0.455. The molecule has 0 amide bonds. The Labute approximate surface area is 99.6 Å². The summed E-state index contributed by atoms with van der Waals surface area (Å²) in [4.78, 5) is 0.164. The van der Waals surface area contributed by atoms with Crippen LogP contribution in [-0.2, 0) is 16.3 Å². The van der Waals surface area contributed by atoms with Crippen LogP contribution in [-0.4, -0.2) is 26.6 Å². The number of halogens is 2. The molecular formula is C11H15F2NO2S. The summed E-state index contributed by atoms with van der Waals surface area (Å²) in [7, 11) is -3.26. The molecule has 17 heavy (non-hydrogen) atoms. The Morgan fingerprint density at radius 2 is 1.76 bits per heavy atom. The van der Waals surface area contributed by atoms with Gasteiger partial charge in [0.15, 0.2) is 9.84 Å². The summed E-state index contributed by atoms with van der Waals surface area (Å²) >= 11 is 0. The summed E-state index contributed by atoms with van der Waals surface area (Å²) in [6.07, 6.45) is -1.54. The van der Waals surface area contributed by atoms with E-state index in [1.54, 1.807) is 0 Å². The average molecular weight is 263 g/mol. The van der Waals surface area contributed by atoms with Crippen molar-refractivity contribution in [3.63, 3.8) is 0 Å². The van der Waals surface area contributed by atoms with Gasteiger partial charge in [0.2, 0.25) is 0 Å². The van der Waals surface area contributed by atoms with Crippen LogP contribution in [0.5, 0.6) is 0 Å². The molecule has 2 N–H and O–H groups in total. The van der Waals surface area contributed by atoms with Gasteiger partial charge in [-0.2, -0.15) is 0 Å². The van der Waals surface area contributed by atoms with Gasteiger partial charge >= 0.3 is 0 Å². The maximum absolute atomic E-state index is 12.5. The minimum atomic E-state index is -3.26. The predicted octanol–water partition coefficient (Wildman–Crippen LogP) is 1.62. The summed E-state index contributed by atoms with van der Waals surface area (Å²) in [5.74, 6) is 0. The molecule has 1 unspecified atom stereocenters. The van der Waals surface area contributed by atoms with Crippen molar-refractivity contribution >= 4 is 9.84 Å². The van der Waals surface area contributed by atoms with E-state index in [0.29, 0.717) is 5.56 Å². The first-order valence-electron chi connectivity index (χ1n) is 4.99. The number of rotatable bonds is 4. The lowest BCUT2D eigenvalue weighted by atomic mass is 9.94. The topological polar surface area (TPSA) is 60.2 Å². The molecule has 1 aromatic rings. The minimum absolute atomic E-state index is 0.00525. The van der Waals surface area contributed by atoms with E-state index < -0.39 is 21.8 Å². The van der Waals surface area contributed by atoms with Crippen molar-refractivity contribution < 1.29 is 17.2 Å². The second kappa shape index (κ2) is 4.70. The van der Waals surface area contributed by atoms with Gasteiger partial charge in [-0.1, -0.05) is 12.1 Å². The van der Waals surface area contributed by atoms with Gasteiger partial charge < -0.3 is 5.73 Å². The van der Waals surface area contributed by atoms with E-state index >= 15 is 0 Å². The van der Waals surface area contributed by atoms with Crippen LogP contribution < -0.4 is 5.73 Å². The number of alkyl halides is 2. The third-order valence-corrected chi connectivity index (χ3v) is 3.56. The Hall–Kier alpha value is -1.01. The molecule has 1 rings (SSSR count). The molecule has 0 radical (unpaired) electrons. The highest BCUT2D eigenvalue weighted by Gasteiger charge is 2.30. The smallest absolute Gasteiger partial charge is 0.256 e. The molecule has 0 bridgehead atoms. The van der Waals surface area contributed by atoms with Crippen molar-refractivity contribution in [1.82, 2.24) is 0 Å². The Bertz CT molecular complexity index is 481. The standard InChI is InChI=1S/C11H15F2NO2S/c1-11(14,10(12)13)7-8-3-5-9(6-4-8)17(2,15)16/h3-6,10H,7,14H2,1-2H3. The van der Waals surface area contributed by atoms with Crippen LogP contribution in [0.4, 0.5) is 8.78 Å². The number of benzene rings is 1. The average Bonchev–Trinajstić information content (AvgIpc) is 2.16. The van der Waals surface area contributed by atoms with Crippen LogP contribution in [0.3, 0.4) is 0 Å². The SMILES string of the molecule is CC(N)(Cc1ccc(S(C)(=O)=O)cc1)C(F)F. The van der Waals surface area contributed by atoms with Gasteiger partial charge in [0, 0.05) is 6.26 Å². The second-order valence-corrected chi connectivity index (χ2v) is 6.42. The van der Waals surface area contributed by atoms with Gasteiger partial charge in [-0.25, -0.2) is 17.2 Å². The molecule has 1 atom stereocenters. The van der Waals surface area contributed by atoms with Crippen LogP contribution in [0.2, 0.25) is 0 Å². The number of hydrogen-bond acceptors (Lipinski definition) is 3. The van der Waals surface area contributed by atoms with E-state index in [9.17, 15) is 17.2 Å². The lowest BCUT2D eigenvalue weighted by Crippen LogP contribution is -2.45. The molecule has 0 saturated heterocycles. The van der Waals surface area contributed by atoms with Crippen LogP contribution in [0, 0.1) is 0 Å². The fourth-order valence-electron chi connectivity index (χ4n) is 1.37. The number of sulfone groups is 1. The van der Waals surface area contributed by atoms with Crippen molar-refractivity contribution in [2.45, 2.75) is 30.2 Å². The highest BCUT2D eigenvalue weighted by atomic mass is 32.2. The quantitative estimate of drug-likeness (QED) is 0.898. The Balaban J connectivity index is 2.90. The maximum atomic E-state index is 12.5. The van der Waals surface area contributed by atoms with Crippen LogP contribution in [0.1, 0.15) is 12.5 Å². The fourth-order valence-corrected chi connectivity index (χ4v) is 2.00. The highest BCUT2D eigenvalue weighted by Crippen LogP contribution is 2.19. The normalized spacial score (nSPS) is 15.9. The zero-order valence-electron chi connectivity index (χ0n) is 9.65. The van der Waals surface area contributed by atoms with E-state index in [1.165, 1.54) is 31.2 Å². The third kappa shape index (κ3) is 3.74. The summed E-state index contributed by atoms with van der Waals surface area (Å²) in [5.41, 5.74) is 4.43. The Kier molecular flexibility index (Phi) is 3.88. The molecule has 96 valence electrons. The first kappa shape index (κ1) is 14.1. The summed E-state index contributed by atoms with van der Waals surface area (Å²) in [6.45, 7) is 1.27. The largest absolute Gasteiger partial charge is 0.320 e.